The number of tetrazole rings is 1. The highest BCUT2D eigenvalue weighted by atomic mass is 16.5. The van der Waals surface area contributed by atoms with Crippen LogP contribution in [0.25, 0.3) is 17.1 Å². The molecule has 3 aromatic rings. The summed E-state index contributed by atoms with van der Waals surface area (Å²) in [5, 5.41) is 8.70. The molecule has 0 atom stereocenters. The lowest BCUT2D eigenvalue weighted by Crippen LogP contribution is -2.34. The number of hydrogen-bond acceptors (Lipinski definition) is 4. The van der Waals surface area contributed by atoms with Gasteiger partial charge < -0.3 is 4.74 Å². The van der Waals surface area contributed by atoms with Gasteiger partial charge in [-0.15, -0.1) is 4.68 Å². The molecule has 0 N–H and O–H groups in total. The van der Waals surface area contributed by atoms with Crippen LogP contribution in [-0.2, 0) is 11.3 Å². The highest BCUT2D eigenvalue weighted by Gasteiger charge is 2.34. The zero-order chi connectivity index (χ0) is 19.3. The Balaban J connectivity index is 1.78. The van der Waals surface area contributed by atoms with E-state index in [4.69, 9.17) is 4.74 Å². The average molecular weight is 361 g/mol. The van der Waals surface area contributed by atoms with E-state index in [1.54, 1.807) is 13.0 Å². The minimum Gasteiger partial charge on any atom is -0.423 e. The van der Waals surface area contributed by atoms with Crippen LogP contribution < -0.4 is 9.42 Å². The van der Waals surface area contributed by atoms with E-state index in [1.165, 1.54) is 5.56 Å². The third-order valence-electron chi connectivity index (χ3n) is 4.73. The Labute approximate surface area is 157 Å². The maximum absolute atomic E-state index is 11.8. The number of aromatic nitrogens is 4. The number of esters is 1. The predicted octanol–water partition coefficient (Wildman–Crippen LogP) is 2.99. The summed E-state index contributed by atoms with van der Waals surface area (Å²) < 4.78 is 9.12. The lowest BCUT2D eigenvalue weighted by Gasteiger charge is -2.07. The molecule has 0 saturated carbocycles. The first-order valence-electron chi connectivity index (χ1n) is 8.80. The number of rotatable bonds is 3. The van der Waals surface area contributed by atoms with Gasteiger partial charge in [0.05, 0.1) is 5.56 Å². The van der Waals surface area contributed by atoms with Crippen LogP contribution in [0.15, 0.2) is 42.5 Å². The van der Waals surface area contributed by atoms with Gasteiger partial charge in [-0.3, -0.25) is 0 Å². The lowest BCUT2D eigenvalue weighted by molar-refractivity contribution is -0.731. The van der Waals surface area contributed by atoms with Crippen LogP contribution in [0, 0.1) is 20.8 Å². The van der Waals surface area contributed by atoms with Crippen molar-refractivity contribution in [1.29, 1.82) is 0 Å². The van der Waals surface area contributed by atoms with Crippen LogP contribution in [0.4, 0.5) is 0 Å². The molecule has 1 aliphatic heterocycles. The second-order valence-corrected chi connectivity index (χ2v) is 7.11. The van der Waals surface area contributed by atoms with Crippen LogP contribution in [-0.4, -0.2) is 21.1 Å². The monoisotopic (exact) mass is 361 g/mol. The number of carbonyl (C=O) groups is 1. The molecule has 6 heteroatoms. The van der Waals surface area contributed by atoms with E-state index in [0.717, 1.165) is 33.8 Å². The Morgan fingerprint density at radius 2 is 1.89 bits per heavy atom. The number of ether oxygens (including phenoxy) is 1. The fourth-order valence-corrected chi connectivity index (χ4v) is 3.64. The minimum absolute atomic E-state index is 0.371. The first-order valence-corrected chi connectivity index (χ1v) is 8.80. The van der Waals surface area contributed by atoms with Crippen molar-refractivity contribution >= 4 is 5.97 Å². The number of hydrogen-bond donors (Lipinski definition) is 0. The molecular formula is C21H21N4O2+. The molecule has 2 heterocycles. The quantitative estimate of drug-likeness (QED) is 0.244. The number of carbonyl (C=O) groups excluding carboxylic acids is 1. The summed E-state index contributed by atoms with van der Waals surface area (Å²) in [4.78, 5) is 11.8. The highest BCUT2D eigenvalue weighted by molar-refractivity contribution is 5.88. The molecule has 1 aliphatic rings. The smallest absolute Gasteiger partial charge is 0.338 e. The number of fused-ring (bicyclic) bond motifs is 3. The molecule has 2 aromatic carbocycles. The molecule has 4 rings (SSSR count). The molecule has 1 aromatic heterocycles. The fraction of sp³-hybridized carbons (Fsp3) is 0.238. The molecule has 0 spiro atoms. The van der Waals surface area contributed by atoms with Gasteiger partial charge in [-0.1, -0.05) is 24.3 Å². The Morgan fingerprint density at radius 1 is 1.19 bits per heavy atom. The standard InChI is InChI=1S/C21H21N4O2/c1-12(2)21(26)27-17-6-7-18-16(10-17)11-24-20(18)25(23-22-24)19-14(4)8-13(3)9-15(19)5/h6-10H,1,11H2,2-5H3/q+1. The van der Waals surface area contributed by atoms with Crippen molar-refractivity contribution in [2.75, 3.05) is 0 Å². The van der Waals surface area contributed by atoms with E-state index in [9.17, 15) is 4.79 Å². The molecule has 0 fully saturated rings. The van der Waals surface area contributed by atoms with Crippen molar-refractivity contribution in [3.05, 3.63) is 64.7 Å². The van der Waals surface area contributed by atoms with Crippen LogP contribution in [0.1, 0.15) is 29.2 Å². The van der Waals surface area contributed by atoms with Gasteiger partial charge in [-0.2, -0.15) is 0 Å². The van der Waals surface area contributed by atoms with E-state index in [-0.39, 0.29) is 0 Å². The lowest BCUT2D eigenvalue weighted by atomic mass is 10.0. The zero-order valence-electron chi connectivity index (χ0n) is 15.9. The van der Waals surface area contributed by atoms with Crippen LogP contribution in [0.2, 0.25) is 0 Å². The summed E-state index contributed by atoms with van der Waals surface area (Å²) >= 11 is 0. The minimum atomic E-state index is -0.423. The molecule has 0 radical (unpaired) electrons. The average Bonchev–Trinajstić information content (AvgIpc) is 3.13. The summed E-state index contributed by atoms with van der Waals surface area (Å²) in [6.07, 6.45) is 0. The van der Waals surface area contributed by atoms with E-state index in [1.807, 2.05) is 21.5 Å². The third kappa shape index (κ3) is 2.83. The van der Waals surface area contributed by atoms with Gasteiger partial charge in [0.2, 0.25) is 0 Å². The van der Waals surface area contributed by atoms with Crippen molar-refractivity contribution in [3.63, 3.8) is 0 Å². The number of benzene rings is 2. The zero-order valence-corrected chi connectivity index (χ0v) is 15.9. The Kier molecular flexibility index (Phi) is 3.91. The van der Waals surface area contributed by atoms with E-state index in [0.29, 0.717) is 17.9 Å². The molecule has 27 heavy (non-hydrogen) atoms. The van der Waals surface area contributed by atoms with Crippen LogP contribution in [0.3, 0.4) is 0 Å². The predicted molar refractivity (Wildman–Crippen MR) is 101 cm³/mol. The van der Waals surface area contributed by atoms with Crippen molar-refractivity contribution in [2.45, 2.75) is 34.2 Å². The SMILES string of the molecule is C=C(C)C(=O)Oc1ccc2c(c1)C[n+]1nnn(-c3c(C)cc(C)cc3C)c1-2. The third-order valence-corrected chi connectivity index (χ3v) is 4.73. The van der Waals surface area contributed by atoms with Gasteiger partial charge in [0.15, 0.2) is 5.21 Å². The van der Waals surface area contributed by atoms with Crippen molar-refractivity contribution < 1.29 is 14.2 Å². The molecule has 6 nitrogen and oxygen atoms in total. The maximum Gasteiger partial charge on any atom is 0.338 e. The molecular weight excluding hydrogens is 340 g/mol. The molecule has 0 aliphatic carbocycles. The van der Waals surface area contributed by atoms with Gasteiger partial charge in [0.25, 0.3) is 5.82 Å². The molecule has 0 saturated heterocycles. The van der Waals surface area contributed by atoms with E-state index < -0.39 is 5.97 Å². The Morgan fingerprint density at radius 3 is 2.56 bits per heavy atom. The molecule has 0 unspecified atom stereocenters. The fourth-order valence-electron chi connectivity index (χ4n) is 3.64. The van der Waals surface area contributed by atoms with E-state index in [2.05, 4.69) is 49.9 Å². The van der Waals surface area contributed by atoms with Gasteiger partial charge in [-0.25, -0.2) is 4.79 Å². The van der Waals surface area contributed by atoms with Gasteiger partial charge in [0.1, 0.15) is 23.2 Å². The second kappa shape index (κ2) is 6.16. The molecule has 136 valence electrons. The van der Waals surface area contributed by atoms with Crippen molar-refractivity contribution in [3.8, 4) is 22.8 Å². The first kappa shape index (κ1) is 17.1. The molecule has 0 bridgehead atoms. The summed E-state index contributed by atoms with van der Waals surface area (Å²) in [6, 6.07) is 9.92. The largest absolute Gasteiger partial charge is 0.423 e. The topological polar surface area (TPSA) is 60.9 Å². The van der Waals surface area contributed by atoms with Crippen LogP contribution >= 0.6 is 0 Å². The molecule has 0 amide bonds. The first-order chi connectivity index (χ1) is 12.8. The number of nitrogens with zero attached hydrogens (tertiary/aromatic N) is 4. The summed E-state index contributed by atoms with van der Waals surface area (Å²) in [7, 11) is 0. The highest BCUT2D eigenvalue weighted by Crippen LogP contribution is 2.32. The van der Waals surface area contributed by atoms with Gasteiger partial charge in [-0.05, 0) is 61.7 Å². The Hall–Kier alpha value is -3.28. The summed E-state index contributed by atoms with van der Waals surface area (Å²) in [5.41, 5.74) is 7.03. The van der Waals surface area contributed by atoms with Gasteiger partial charge >= 0.3 is 5.97 Å². The van der Waals surface area contributed by atoms with E-state index >= 15 is 0 Å². The van der Waals surface area contributed by atoms with Gasteiger partial charge in [0, 0.05) is 11.1 Å². The number of aryl methyl sites for hydroxylation is 3. The Bertz CT molecular complexity index is 1090. The normalized spacial score (nSPS) is 11.9. The summed E-state index contributed by atoms with van der Waals surface area (Å²) in [5.74, 6) is 1.01. The van der Waals surface area contributed by atoms with Crippen LogP contribution in [0.5, 0.6) is 5.75 Å². The summed E-state index contributed by atoms with van der Waals surface area (Å²) in [6.45, 7) is 12.1. The van der Waals surface area contributed by atoms with Crippen molar-refractivity contribution in [2.24, 2.45) is 0 Å². The van der Waals surface area contributed by atoms with Crippen molar-refractivity contribution in [1.82, 2.24) is 15.1 Å². The maximum atomic E-state index is 11.8. The second-order valence-electron chi connectivity index (χ2n) is 7.11.